The maximum absolute atomic E-state index is 12.1. The highest BCUT2D eigenvalue weighted by molar-refractivity contribution is 7.99. The van der Waals surface area contributed by atoms with Gasteiger partial charge in [0, 0.05) is 12.5 Å². The number of hydrogen-bond donors (Lipinski definition) is 1. The van der Waals surface area contributed by atoms with E-state index in [-0.39, 0.29) is 11.7 Å². The first-order valence-corrected chi connectivity index (χ1v) is 8.84. The molecule has 0 radical (unpaired) electrons. The van der Waals surface area contributed by atoms with E-state index in [2.05, 4.69) is 33.1 Å². The lowest BCUT2D eigenvalue weighted by molar-refractivity contribution is -0.119. The van der Waals surface area contributed by atoms with Crippen LogP contribution in [0.15, 0.2) is 5.16 Å². The van der Waals surface area contributed by atoms with Gasteiger partial charge in [0.1, 0.15) is 11.4 Å². The van der Waals surface area contributed by atoms with E-state index in [0.29, 0.717) is 11.8 Å². The number of carbonyl (C=O) groups excluding carboxylic acids is 1. The molecule has 2 fully saturated rings. The van der Waals surface area contributed by atoms with Gasteiger partial charge in [-0.3, -0.25) is 4.79 Å². The first-order valence-electron chi connectivity index (χ1n) is 7.85. The van der Waals surface area contributed by atoms with Crippen molar-refractivity contribution >= 4 is 17.7 Å². The predicted octanol–water partition coefficient (Wildman–Crippen LogP) is 2.08. The van der Waals surface area contributed by atoms with Crippen LogP contribution in [0.1, 0.15) is 51.3 Å². The Bertz CT molecular complexity index is 614. The first-order chi connectivity index (χ1) is 10.6. The van der Waals surface area contributed by atoms with Crippen LogP contribution >= 0.6 is 11.8 Å². The number of nitrogens with zero attached hydrogens (tertiary/aromatic N) is 4. The van der Waals surface area contributed by atoms with E-state index in [9.17, 15) is 10.1 Å². The Morgan fingerprint density at radius 3 is 2.73 bits per heavy atom. The number of thioether (sulfide) groups is 1. The van der Waals surface area contributed by atoms with Crippen LogP contribution in [0.2, 0.25) is 0 Å². The molecular weight excluding hydrogens is 298 g/mol. The number of rotatable bonds is 7. The summed E-state index contributed by atoms with van der Waals surface area (Å²) in [6.45, 7) is 4.70. The summed E-state index contributed by atoms with van der Waals surface area (Å²) in [6, 6.07) is 2.24. The molecule has 2 aliphatic carbocycles. The lowest BCUT2D eigenvalue weighted by Gasteiger charge is -2.22. The number of aromatic nitrogens is 3. The summed E-state index contributed by atoms with van der Waals surface area (Å²) in [6.07, 6.45) is 4.41. The van der Waals surface area contributed by atoms with Gasteiger partial charge in [-0.1, -0.05) is 11.8 Å². The second-order valence-electron chi connectivity index (χ2n) is 6.28. The average Bonchev–Trinajstić information content (AvgIpc) is 3.40. The molecule has 1 amide bonds. The summed E-state index contributed by atoms with van der Waals surface area (Å²) < 4.78 is 2.10. The first kappa shape index (κ1) is 15.3. The lowest BCUT2D eigenvalue weighted by Crippen LogP contribution is -2.47. The summed E-state index contributed by atoms with van der Waals surface area (Å²) >= 11 is 1.40. The normalized spacial score (nSPS) is 20.2. The minimum atomic E-state index is -0.727. The molecule has 1 unspecified atom stereocenters. The van der Waals surface area contributed by atoms with Crippen molar-refractivity contribution in [2.45, 2.75) is 62.7 Å². The Balaban J connectivity index is 1.58. The van der Waals surface area contributed by atoms with Crippen LogP contribution < -0.4 is 5.32 Å². The summed E-state index contributed by atoms with van der Waals surface area (Å²) in [5, 5.41) is 21.4. The summed E-state index contributed by atoms with van der Waals surface area (Å²) in [7, 11) is 0. The molecule has 3 rings (SSSR count). The molecular formula is C15H21N5OS. The molecule has 1 aromatic rings. The van der Waals surface area contributed by atoms with Crippen LogP contribution in [-0.4, -0.2) is 32.0 Å². The third-order valence-electron chi connectivity index (χ3n) is 4.36. The summed E-state index contributed by atoms with van der Waals surface area (Å²) in [5.74, 6) is 2.05. The monoisotopic (exact) mass is 319 g/mol. The van der Waals surface area contributed by atoms with E-state index in [1.165, 1.54) is 24.6 Å². The van der Waals surface area contributed by atoms with Gasteiger partial charge >= 0.3 is 0 Å². The zero-order valence-electron chi connectivity index (χ0n) is 13.0. The number of carbonyl (C=O) groups is 1. The molecule has 0 aromatic carbocycles. The van der Waals surface area contributed by atoms with Crippen molar-refractivity contribution in [1.29, 1.82) is 5.26 Å². The Hall–Kier alpha value is -1.55. The molecule has 1 heterocycles. The van der Waals surface area contributed by atoms with Crippen molar-refractivity contribution in [2.75, 3.05) is 5.75 Å². The highest BCUT2D eigenvalue weighted by Gasteiger charge is 2.43. The zero-order valence-corrected chi connectivity index (χ0v) is 13.8. The Morgan fingerprint density at radius 1 is 1.45 bits per heavy atom. The molecule has 118 valence electrons. The fourth-order valence-corrected chi connectivity index (χ4v) is 3.49. The van der Waals surface area contributed by atoms with Gasteiger partial charge in [0.15, 0.2) is 5.16 Å². The van der Waals surface area contributed by atoms with Gasteiger partial charge in [-0.2, -0.15) is 5.26 Å². The maximum Gasteiger partial charge on any atom is 0.231 e. The van der Waals surface area contributed by atoms with Gasteiger partial charge in [0.2, 0.25) is 5.91 Å². The van der Waals surface area contributed by atoms with E-state index >= 15 is 0 Å². The van der Waals surface area contributed by atoms with Gasteiger partial charge in [-0.25, -0.2) is 0 Å². The van der Waals surface area contributed by atoms with Crippen molar-refractivity contribution in [3.63, 3.8) is 0 Å². The second-order valence-corrected chi connectivity index (χ2v) is 7.23. The number of amides is 1. The van der Waals surface area contributed by atoms with Crippen molar-refractivity contribution in [2.24, 2.45) is 5.92 Å². The van der Waals surface area contributed by atoms with E-state index in [0.717, 1.165) is 30.4 Å². The van der Waals surface area contributed by atoms with Gasteiger partial charge in [-0.15, -0.1) is 10.2 Å². The number of nitrogens with one attached hydrogen (secondary N) is 1. The van der Waals surface area contributed by atoms with E-state index < -0.39 is 5.54 Å². The molecule has 7 heteroatoms. The Morgan fingerprint density at radius 2 is 2.18 bits per heavy atom. The fraction of sp³-hybridized carbons (Fsp3) is 0.733. The van der Waals surface area contributed by atoms with Crippen molar-refractivity contribution in [1.82, 2.24) is 20.1 Å². The van der Waals surface area contributed by atoms with Crippen LogP contribution in [0, 0.1) is 17.2 Å². The van der Waals surface area contributed by atoms with Crippen LogP contribution in [0.3, 0.4) is 0 Å². The van der Waals surface area contributed by atoms with Crippen molar-refractivity contribution < 1.29 is 4.79 Å². The van der Waals surface area contributed by atoms with Crippen molar-refractivity contribution in [3.05, 3.63) is 5.82 Å². The third-order valence-corrected chi connectivity index (χ3v) is 5.33. The zero-order chi connectivity index (χ0) is 15.7. The molecule has 22 heavy (non-hydrogen) atoms. The lowest BCUT2D eigenvalue weighted by atomic mass is 9.98. The molecule has 1 N–H and O–H groups in total. The number of nitriles is 1. The molecule has 0 saturated heterocycles. The SMILES string of the molecule is CCn1c(SCC(=O)NC(C)(C#N)C2CC2)nnc1C1CC1. The summed E-state index contributed by atoms with van der Waals surface area (Å²) in [4.78, 5) is 12.1. The molecule has 2 saturated carbocycles. The highest BCUT2D eigenvalue weighted by Crippen LogP contribution is 2.40. The quantitative estimate of drug-likeness (QED) is 0.778. The third kappa shape index (κ3) is 3.12. The van der Waals surface area contributed by atoms with E-state index in [1.807, 2.05) is 6.92 Å². The Kier molecular flexibility index (Phi) is 4.13. The van der Waals surface area contributed by atoms with E-state index in [1.54, 1.807) is 0 Å². The van der Waals surface area contributed by atoms with Gasteiger partial charge < -0.3 is 9.88 Å². The van der Waals surface area contributed by atoms with Gasteiger partial charge in [0.05, 0.1) is 11.8 Å². The summed E-state index contributed by atoms with van der Waals surface area (Å²) in [5.41, 5.74) is -0.727. The van der Waals surface area contributed by atoms with Crippen LogP contribution in [0.5, 0.6) is 0 Å². The standard InChI is InChI=1S/C15H21N5OS/c1-3-20-13(10-4-5-10)18-19-14(20)22-8-12(21)17-15(2,9-16)11-6-7-11/h10-11H,3-8H2,1-2H3,(H,17,21). The van der Waals surface area contributed by atoms with E-state index in [4.69, 9.17) is 0 Å². The maximum atomic E-state index is 12.1. The smallest absolute Gasteiger partial charge is 0.231 e. The Labute approximate surface area is 134 Å². The molecule has 1 atom stereocenters. The van der Waals surface area contributed by atoms with Crippen LogP contribution in [-0.2, 0) is 11.3 Å². The minimum absolute atomic E-state index is 0.112. The van der Waals surface area contributed by atoms with Gasteiger partial charge in [-0.05, 0) is 45.4 Å². The largest absolute Gasteiger partial charge is 0.337 e. The second kappa shape index (κ2) is 5.92. The van der Waals surface area contributed by atoms with Crippen LogP contribution in [0.25, 0.3) is 0 Å². The van der Waals surface area contributed by atoms with Gasteiger partial charge in [0.25, 0.3) is 0 Å². The minimum Gasteiger partial charge on any atom is -0.337 e. The van der Waals surface area contributed by atoms with Crippen molar-refractivity contribution in [3.8, 4) is 6.07 Å². The molecule has 2 aliphatic rings. The topological polar surface area (TPSA) is 83.6 Å². The number of hydrogen-bond acceptors (Lipinski definition) is 5. The fourth-order valence-electron chi connectivity index (χ4n) is 2.69. The molecule has 0 spiro atoms. The molecule has 1 aromatic heterocycles. The average molecular weight is 319 g/mol. The highest BCUT2D eigenvalue weighted by atomic mass is 32.2. The predicted molar refractivity (Wildman–Crippen MR) is 83.3 cm³/mol. The van der Waals surface area contributed by atoms with Crippen LogP contribution in [0.4, 0.5) is 0 Å². The molecule has 0 aliphatic heterocycles. The molecule has 0 bridgehead atoms. The molecule has 6 nitrogen and oxygen atoms in total.